The Morgan fingerprint density at radius 1 is 1.29 bits per heavy atom. The van der Waals surface area contributed by atoms with Gasteiger partial charge in [0, 0.05) is 29.4 Å². The Morgan fingerprint density at radius 2 is 2.21 bits per heavy atom. The van der Waals surface area contributed by atoms with Crippen molar-refractivity contribution >= 4 is 28.5 Å². The number of hydrogen-bond donors (Lipinski definition) is 2. The minimum Gasteiger partial charge on any atom is -0.365 e. The predicted molar refractivity (Wildman–Crippen MR) is 92.3 cm³/mol. The molecule has 3 aromatic heterocycles. The number of halogens is 2. The van der Waals surface area contributed by atoms with E-state index in [1.807, 2.05) is 0 Å². The summed E-state index contributed by atoms with van der Waals surface area (Å²) in [5, 5.41) is 4.54. The third-order valence-electron chi connectivity index (χ3n) is 4.24. The number of hydrogen-bond acceptors (Lipinski definition) is 4. The first-order valence-electron chi connectivity index (χ1n) is 7.94. The lowest BCUT2D eigenvalue weighted by Gasteiger charge is -2.23. The third kappa shape index (κ3) is 2.94. The number of fused-ring (bicyclic) bond motifs is 1. The minimum absolute atomic E-state index is 0.218. The second-order valence-electron chi connectivity index (χ2n) is 5.94. The quantitative estimate of drug-likeness (QED) is 0.740. The standard InChI is InChI=1S/C17H16ClFN5/c18-10-6-12-13(8-21-15(12)20-7-10)16-22-9-14(19)17(24-16)23-11-4-2-1-3-5-11/h2,6-9,11H,1,3-5H2,(H,20,21)(H,22,23,24). The van der Waals surface area contributed by atoms with E-state index in [1.165, 1.54) is 6.20 Å². The molecule has 4 rings (SSSR count). The molecule has 3 aromatic rings. The SMILES string of the molecule is Fc1cnc(-c2c[nH]c3ncc(Cl)cc23)nc1NC1C[CH]CCC1. The molecule has 1 atom stereocenters. The maximum atomic E-state index is 14.1. The van der Waals surface area contributed by atoms with Crippen LogP contribution in [0.15, 0.2) is 24.7 Å². The summed E-state index contributed by atoms with van der Waals surface area (Å²) in [6.45, 7) is 0. The molecule has 1 fully saturated rings. The van der Waals surface area contributed by atoms with Crippen molar-refractivity contribution in [2.24, 2.45) is 0 Å². The van der Waals surface area contributed by atoms with Gasteiger partial charge < -0.3 is 10.3 Å². The van der Waals surface area contributed by atoms with Crippen molar-refractivity contribution in [3.05, 3.63) is 41.9 Å². The fourth-order valence-electron chi connectivity index (χ4n) is 3.03. The Hall–Kier alpha value is -2.21. The number of aromatic amines is 1. The van der Waals surface area contributed by atoms with Crippen LogP contribution in [0.5, 0.6) is 0 Å². The molecule has 7 heteroatoms. The van der Waals surface area contributed by atoms with Gasteiger partial charge in [0.2, 0.25) is 0 Å². The van der Waals surface area contributed by atoms with Crippen LogP contribution < -0.4 is 5.32 Å². The lowest BCUT2D eigenvalue weighted by atomic mass is 9.95. The van der Waals surface area contributed by atoms with Gasteiger partial charge in [-0.25, -0.2) is 19.3 Å². The normalized spacial score (nSPS) is 15.8. The van der Waals surface area contributed by atoms with Crippen molar-refractivity contribution in [3.63, 3.8) is 0 Å². The first kappa shape index (κ1) is 15.3. The summed E-state index contributed by atoms with van der Waals surface area (Å²) in [6, 6.07) is 2.01. The van der Waals surface area contributed by atoms with Crippen molar-refractivity contribution < 1.29 is 4.39 Å². The van der Waals surface area contributed by atoms with E-state index in [9.17, 15) is 4.39 Å². The Labute approximate surface area is 143 Å². The molecule has 2 N–H and O–H groups in total. The van der Waals surface area contributed by atoms with Gasteiger partial charge in [-0.05, 0) is 25.3 Å². The maximum absolute atomic E-state index is 14.1. The van der Waals surface area contributed by atoms with Crippen molar-refractivity contribution in [2.75, 3.05) is 5.32 Å². The summed E-state index contributed by atoms with van der Waals surface area (Å²) in [7, 11) is 0. The van der Waals surface area contributed by atoms with Crippen LogP contribution >= 0.6 is 11.6 Å². The molecule has 24 heavy (non-hydrogen) atoms. The fraction of sp³-hybridized carbons (Fsp3) is 0.294. The average molecular weight is 345 g/mol. The van der Waals surface area contributed by atoms with Gasteiger partial charge in [-0.15, -0.1) is 0 Å². The van der Waals surface area contributed by atoms with Gasteiger partial charge in [0.15, 0.2) is 17.5 Å². The minimum atomic E-state index is -0.444. The van der Waals surface area contributed by atoms with Crippen molar-refractivity contribution in [1.29, 1.82) is 0 Å². The van der Waals surface area contributed by atoms with E-state index in [2.05, 4.69) is 31.7 Å². The molecular weight excluding hydrogens is 329 g/mol. The number of nitrogens with zero attached hydrogens (tertiary/aromatic N) is 3. The lowest BCUT2D eigenvalue weighted by molar-refractivity contribution is 0.530. The van der Waals surface area contributed by atoms with Crippen molar-refractivity contribution in [3.8, 4) is 11.4 Å². The molecule has 0 bridgehead atoms. The molecule has 3 heterocycles. The number of aromatic nitrogens is 4. The largest absolute Gasteiger partial charge is 0.365 e. The third-order valence-corrected chi connectivity index (χ3v) is 4.44. The van der Waals surface area contributed by atoms with Crippen molar-refractivity contribution in [2.45, 2.75) is 31.7 Å². The van der Waals surface area contributed by atoms with Gasteiger partial charge in [-0.1, -0.05) is 24.4 Å². The smallest absolute Gasteiger partial charge is 0.183 e. The zero-order valence-corrected chi connectivity index (χ0v) is 13.6. The monoisotopic (exact) mass is 344 g/mol. The fourth-order valence-corrected chi connectivity index (χ4v) is 3.19. The van der Waals surface area contributed by atoms with E-state index < -0.39 is 5.82 Å². The molecule has 123 valence electrons. The van der Waals surface area contributed by atoms with Gasteiger partial charge >= 0.3 is 0 Å². The topological polar surface area (TPSA) is 66.5 Å². The van der Waals surface area contributed by atoms with Gasteiger partial charge in [0.05, 0.1) is 11.2 Å². The summed E-state index contributed by atoms with van der Waals surface area (Å²) in [5.41, 5.74) is 1.44. The summed E-state index contributed by atoms with van der Waals surface area (Å²) in [5.74, 6) is 0.235. The highest BCUT2D eigenvalue weighted by Crippen LogP contribution is 2.29. The summed E-state index contributed by atoms with van der Waals surface area (Å²) in [4.78, 5) is 15.8. The molecule has 1 saturated carbocycles. The van der Waals surface area contributed by atoms with Crippen LogP contribution in [0.2, 0.25) is 5.02 Å². The van der Waals surface area contributed by atoms with Crippen molar-refractivity contribution in [1.82, 2.24) is 19.9 Å². The lowest BCUT2D eigenvalue weighted by Crippen LogP contribution is -2.24. The zero-order chi connectivity index (χ0) is 16.5. The highest BCUT2D eigenvalue weighted by atomic mass is 35.5. The Kier molecular flexibility index (Phi) is 4.06. The van der Waals surface area contributed by atoms with Gasteiger partial charge in [0.1, 0.15) is 5.65 Å². The number of nitrogens with one attached hydrogen (secondary N) is 2. The van der Waals surface area contributed by atoms with E-state index in [0.717, 1.165) is 36.6 Å². The second kappa shape index (κ2) is 6.36. The van der Waals surface area contributed by atoms with E-state index >= 15 is 0 Å². The molecule has 0 aliphatic heterocycles. The van der Waals surface area contributed by atoms with E-state index in [1.54, 1.807) is 18.5 Å². The molecule has 1 aliphatic rings. The van der Waals surface area contributed by atoms with Gasteiger partial charge in [-0.3, -0.25) is 0 Å². The number of anilines is 1. The average Bonchev–Trinajstić information content (AvgIpc) is 3.01. The Bertz CT molecular complexity index is 873. The van der Waals surface area contributed by atoms with Crippen LogP contribution in [-0.2, 0) is 0 Å². The van der Waals surface area contributed by atoms with Crippen LogP contribution in [0.1, 0.15) is 25.7 Å². The highest BCUT2D eigenvalue weighted by Gasteiger charge is 2.18. The molecule has 1 radical (unpaired) electrons. The molecule has 5 nitrogen and oxygen atoms in total. The summed E-state index contributed by atoms with van der Waals surface area (Å²) < 4.78 is 14.1. The van der Waals surface area contributed by atoms with E-state index in [-0.39, 0.29) is 11.9 Å². The molecule has 0 spiro atoms. The molecule has 0 saturated heterocycles. The second-order valence-corrected chi connectivity index (χ2v) is 6.38. The van der Waals surface area contributed by atoms with Gasteiger partial charge in [-0.2, -0.15) is 0 Å². The van der Waals surface area contributed by atoms with Crippen LogP contribution in [0.3, 0.4) is 0 Å². The molecule has 1 unspecified atom stereocenters. The van der Waals surface area contributed by atoms with E-state index in [0.29, 0.717) is 16.5 Å². The number of rotatable bonds is 3. The molecule has 0 amide bonds. The maximum Gasteiger partial charge on any atom is 0.183 e. The van der Waals surface area contributed by atoms with E-state index in [4.69, 9.17) is 11.6 Å². The van der Waals surface area contributed by atoms with Crippen LogP contribution in [0.4, 0.5) is 10.2 Å². The first-order chi connectivity index (χ1) is 11.7. The Balaban J connectivity index is 1.70. The zero-order valence-electron chi connectivity index (χ0n) is 12.9. The summed E-state index contributed by atoms with van der Waals surface area (Å²) in [6.07, 6.45) is 10.9. The summed E-state index contributed by atoms with van der Waals surface area (Å²) >= 11 is 6.03. The molecule has 1 aliphatic carbocycles. The highest BCUT2D eigenvalue weighted by molar-refractivity contribution is 6.31. The van der Waals surface area contributed by atoms with Crippen LogP contribution in [0.25, 0.3) is 22.4 Å². The van der Waals surface area contributed by atoms with Crippen LogP contribution in [-0.4, -0.2) is 26.0 Å². The number of pyridine rings is 1. The predicted octanol–water partition coefficient (Wildman–Crippen LogP) is 4.37. The van der Waals surface area contributed by atoms with Gasteiger partial charge in [0.25, 0.3) is 0 Å². The molecule has 0 aromatic carbocycles. The van der Waals surface area contributed by atoms with Crippen LogP contribution in [0, 0.1) is 12.2 Å². The molecular formula is C17H16ClFN5. The number of H-pyrrole nitrogens is 1. The Morgan fingerprint density at radius 3 is 3.04 bits per heavy atom. The first-order valence-corrected chi connectivity index (χ1v) is 8.32.